The summed E-state index contributed by atoms with van der Waals surface area (Å²) in [5.41, 5.74) is 1.48. The smallest absolute Gasteiger partial charge is 0.263 e. The molecule has 0 aliphatic carbocycles. The number of fused-ring (bicyclic) bond motifs is 2. The Bertz CT molecular complexity index is 741. The Balaban J connectivity index is 1.77. The maximum Gasteiger partial charge on any atom is 0.263 e. The third-order valence-electron chi connectivity index (χ3n) is 5.46. The highest BCUT2D eigenvalue weighted by Gasteiger charge is 2.40. The van der Waals surface area contributed by atoms with Crippen LogP contribution in [-0.4, -0.2) is 44.8 Å². The zero-order valence-electron chi connectivity index (χ0n) is 16.2. The van der Waals surface area contributed by atoms with Crippen LogP contribution in [-0.2, 0) is 27.3 Å². The van der Waals surface area contributed by atoms with Crippen LogP contribution in [0, 0.1) is 0 Å². The van der Waals surface area contributed by atoms with Gasteiger partial charge in [-0.3, -0.25) is 14.4 Å². The maximum absolute atomic E-state index is 13.0. The zero-order valence-corrected chi connectivity index (χ0v) is 16.2. The van der Waals surface area contributed by atoms with Crippen molar-refractivity contribution >= 4 is 17.7 Å². The molecule has 3 heterocycles. The van der Waals surface area contributed by atoms with Gasteiger partial charge in [0.25, 0.3) is 17.7 Å². The second kappa shape index (κ2) is 8.61. The number of hydrogen-bond donors (Lipinski definition) is 1. The number of nitrogens with zero attached hydrogens (tertiary/aromatic N) is 3. The summed E-state index contributed by atoms with van der Waals surface area (Å²) in [6, 6.07) is -0.636. The molecule has 0 saturated carbocycles. The van der Waals surface area contributed by atoms with E-state index in [1.54, 1.807) is 20.2 Å². The van der Waals surface area contributed by atoms with Crippen LogP contribution >= 0.6 is 0 Å². The van der Waals surface area contributed by atoms with Crippen molar-refractivity contribution in [2.45, 2.75) is 71.4 Å². The van der Waals surface area contributed by atoms with Gasteiger partial charge in [0, 0.05) is 30.3 Å². The summed E-state index contributed by atoms with van der Waals surface area (Å²) < 4.78 is 2.05. The second-order valence-corrected chi connectivity index (χ2v) is 7.47. The maximum atomic E-state index is 13.0. The number of imidazole rings is 1. The highest BCUT2D eigenvalue weighted by molar-refractivity contribution is 6.27. The Morgan fingerprint density at radius 3 is 2.37 bits per heavy atom. The average Bonchev–Trinajstić information content (AvgIpc) is 3.17. The van der Waals surface area contributed by atoms with Gasteiger partial charge in [0.2, 0.25) is 0 Å². The minimum Gasteiger partial charge on any atom is -0.337 e. The van der Waals surface area contributed by atoms with E-state index in [9.17, 15) is 14.4 Å². The van der Waals surface area contributed by atoms with E-state index in [-0.39, 0.29) is 0 Å². The summed E-state index contributed by atoms with van der Waals surface area (Å²) in [7, 11) is 0. The fourth-order valence-electron chi connectivity index (χ4n) is 3.60. The van der Waals surface area contributed by atoms with Gasteiger partial charge in [0.15, 0.2) is 0 Å². The first kappa shape index (κ1) is 19.5. The van der Waals surface area contributed by atoms with E-state index in [0.717, 1.165) is 36.4 Å². The standard InChI is InChI=1S/C20H28N4O3/c1-14-15(2)19(26)24(18(14)25)20(27)17-11-16-12-23(13-22-16)10-8-6-4-3-5-7-9-21-17/h12-13,17,21H,3-11H2,1-2H3/t17-/m0/s1. The molecule has 7 nitrogen and oxygen atoms in total. The van der Waals surface area contributed by atoms with E-state index in [0.29, 0.717) is 24.1 Å². The monoisotopic (exact) mass is 372 g/mol. The van der Waals surface area contributed by atoms with Gasteiger partial charge in [-0.2, -0.15) is 0 Å². The lowest BCUT2D eigenvalue weighted by Gasteiger charge is -2.22. The quantitative estimate of drug-likeness (QED) is 0.762. The molecule has 1 N–H and O–H groups in total. The first-order valence-corrected chi connectivity index (χ1v) is 9.83. The zero-order chi connectivity index (χ0) is 19.4. The Morgan fingerprint density at radius 1 is 1.04 bits per heavy atom. The molecule has 0 aromatic carbocycles. The molecule has 0 radical (unpaired) electrons. The van der Waals surface area contributed by atoms with Crippen LogP contribution in [0.1, 0.15) is 58.1 Å². The van der Waals surface area contributed by atoms with Gasteiger partial charge in [-0.05, 0) is 33.2 Å². The largest absolute Gasteiger partial charge is 0.337 e. The Hall–Kier alpha value is -2.28. The van der Waals surface area contributed by atoms with Gasteiger partial charge >= 0.3 is 0 Å². The van der Waals surface area contributed by atoms with E-state index >= 15 is 0 Å². The normalized spacial score (nSPS) is 22.9. The van der Waals surface area contributed by atoms with Crippen molar-refractivity contribution in [3.05, 3.63) is 29.4 Å². The van der Waals surface area contributed by atoms with Crippen LogP contribution in [0.4, 0.5) is 0 Å². The third kappa shape index (κ3) is 4.35. The first-order chi connectivity index (χ1) is 13.0. The summed E-state index contributed by atoms with van der Waals surface area (Å²) in [5, 5.41) is 3.26. The van der Waals surface area contributed by atoms with Crippen molar-refractivity contribution in [3.8, 4) is 0 Å². The van der Waals surface area contributed by atoms with Crippen LogP contribution < -0.4 is 5.32 Å². The van der Waals surface area contributed by atoms with Gasteiger partial charge in [-0.1, -0.05) is 25.7 Å². The minimum atomic E-state index is -0.636. The number of rotatable bonds is 1. The van der Waals surface area contributed by atoms with Crippen molar-refractivity contribution in [2.75, 3.05) is 6.54 Å². The molecule has 3 rings (SSSR count). The number of hydrogen-bond acceptors (Lipinski definition) is 5. The summed E-state index contributed by atoms with van der Waals surface area (Å²) in [6.07, 6.45) is 10.9. The Labute approximate surface area is 159 Å². The molecule has 2 aliphatic rings. The molecule has 1 aromatic rings. The number of amides is 3. The second-order valence-electron chi connectivity index (χ2n) is 7.47. The highest BCUT2D eigenvalue weighted by atomic mass is 16.2. The topological polar surface area (TPSA) is 84.3 Å². The van der Waals surface area contributed by atoms with E-state index < -0.39 is 23.8 Å². The summed E-state index contributed by atoms with van der Waals surface area (Å²) in [5.74, 6) is -1.49. The highest BCUT2D eigenvalue weighted by Crippen LogP contribution is 2.21. The number of nitrogens with one attached hydrogen (secondary N) is 1. The van der Waals surface area contributed by atoms with E-state index in [4.69, 9.17) is 0 Å². The van der Waals surface area contributed by atoms with Crippen LogP contribution in [0.3, 0.4) is 0 Å². The van der Waals surface area contributed by atoms with Crippen LogP contribution in [0.25, 0.3) is 0 Å². The SMILES string of the molecule is CC1=C(C)C(=O)N(C(=O)[C@@H]2Cc3cn(cn3)CCCCCCCCN2)C1=O. The molecular formula is C20H28N4O3. The lowest BCUT2D eigenvalue weighted by atomic mass is 10.1. The fourth-order valence-corrected chi connectivity index (χ4v) is 3.60. The fraction of sp³-hybridized carbons (Fsp3) is 0.600. The number of aryl methyl sites for hydroxylation is 1. The molecule has 146 valence electrons. The number of aromatic nitrogens is 2. The number of carbonyl (C=O) groups is 3. The van der Waals surface area contributed by atoms with E-state index in [1.165, 1.54) is 19.3 Å². The average molecular weight is 372 g/mol. The minimum absolute atomic E-state index is 0.346. The van der Waals surface area contributed by atoms with Crippen molar-refractivity contribution in [3.63, 3.8) is 0 Å². The number of imide groups is 3. The van der Waals surface area contributed by atoms with Crippen molar-refractivity contribution < 1.29 is 14.4 Å². The van der Waals surface area contributed by atoms with Gasteiger partial charge in [0.1, 0.15) is 0 Å². The molecule has 3 amide bonds. The molecule has 0 saturated heterocycles. The van der Waals surface area contributed by atoms with Crippen molar-refractivity contribution in [1.82, 2.24) is 19.8 Å². The number of carbonyl (C=O) groups excluding carboxylic acids is 3. The van der Waals surface area contributed by atoms with Crippen LogP contribution in [0.15, 0.2) is 23.7 Å². The molecule has 0 fully saturated rings. The molecule has 0 spiro atoms. The van der Waals surface area contributed by atoms with Gasteiger partial charge in [-0.25, -0.2) is 9.88 Å². The summed E-state index contributed by atoms with van der Waals surface area (Å²) in [6.45, 7) is 4.78. The van der Waals surface area contributed by atoms with Gasteiger partial charge in [0.05, 0.1) is 18.1 Å². The van der Waals surface area contributed by atoms with Gasteiger partial charge < -0.3 is 9.88 Å². The lowest BCUT2D eigenvalue weighted by Crippen LogP contribution is -2.50. The van der Waals surface area contributed by atoms with E-state index in [1.807, 2.05) is 10.8 Å². The molecule has 27 heavy (non-hydrogen) atoms. The summed E-state index contributed by atoms with van der Waals surface area (Å²) in [4.78, 5) is 43.0. The van der Waals surface area contributed by atoms with Crippen LogP contribution in [0.5, 0.6) is 0 Å². The van der Waals surface area contributed by atoms with Crippen LogP contribution in [0.2, 0.25) is 0 Å². The van der Waals surface area contributed by atoms with Gasteiger partial charge in [-0.15, -0.1) is 0 Å². The molecule has 1 aromatic heterocycles. The summed E-state index contributed by atoms with van der Waals surface area (Å²) >= 11 is 0. The van der Waals surface area contributed by atoms with Crippen molar-refractivity contribution in [1.29, 1.82) is 0 Å². The molecule has 0 unspecified atom stereocenters. The molecule has 7 heteroatoms. The molecule has 1 atom stereocenters. The first-order valence-electron chi connectivity index (χ1n) is 9.83. The van der Waals surface area contributed by atoms with E-state index in [2.05, 4.69) is 10.3 Å². The predicted octanol–water partition coefficient (Wildman–Crippen LogP) is 1.97. The lowest BCUT2D eigenvalue weighted by molar-refractivity contribution is -0.150. The third-order valence-corrected chi connectivity index (χ3v) is 5.46. The Morgan fingerprint density at radius 2 is 1.67 bits per heavy atom. The molecular weight excluding hydrogens is 344 g/mol. The predicted molar refractivity (Wildman–Crippen MR) is 101 cm³/mol. The van der Waals surface area contributed by atoms with Crippen molar-refractivity contribution in [2.24, 2.45) is 0 Å². The Kier molecular flexibility index (Phi) is 6.21. The molecule has 2 aliphatic heterocycles. The molecule has 2 bridgehead atoms.